The van der Waals surface area contributed by atoms with Crippen molar-refractivity contribution in [1.29, 1.82) is 0 Å². The molecule has 2 aromatic carbocycles. The lowest BCUT2D eigenvalue weighted by Crippen LogP contribution is -2.23. The van der Waals surface area contributed by atoms with Crippen molar-refractivity contribution >= 4 is 16.9 Å². The standard InChI is InChI=1S/C18H14N4O3/c23-18(12-6-2-1-3-7-12)19-11-16-20-17(25-22-16)10-14-13-8-4-5-9-15(13)24-21-14/h1-9H,10-11H2,(H,19,23). The molecule has 0 aliphatic heterocycles. The van der Waals surface area contributed by atoms with Gasteiger partial charge in [-0.1, -0.05) is 40.6 Å². The second-order valence-corrected chi connectivity index (χ2v) is 5.46. The van der Waals surface area contributed by atoms with Crippen LogP contribution in [0, 0.1) is 0 Å². The summed E-state index contributed by atoms with van der Waals surface area (Å²) < 4.78 is 10.5. The fourth-order valence-electron chi connectivity index (χ4n) is 2.49. The van der Waals surface area contributed by atoms with Crippen molar-refractivity contribution in [2.24, 2.45) is 0 Å². The summed E-state index contributed by atoms with van der Waals surface area (Å²) in [7, 11) is 0. The third kappa shape index (κ3) is 3.25. The summed E-state index contributed by atoms with van der Waals surface area (Å²) in [5.41, 5.74) is 2.03. The molecule has 7 nitrogen and oxygen atoms in total. The van der Waals surface area contributed by atoms with Gasteiger partial charge in [-0.25, -0.2) is 0 Å². The lowest BCUT2D eigenvalue weighted by atomic mass is 10.2. The van der Waals surface area contributed by atoms with Crippen molar-refractivity contribution in [3.63, 3.8) is 0 Å². The van der Waals surface area contributed by atoms with Crippen LogP contribution in [-0.4, -0.2) is 21.2 Å². The molecule has 0 radical (unpaired) electrons. The van der Waals surface area contributed by atoms with E-state index in [1.807, 2.05) is 42.5 Å². The van der Waals surface area contributed by atoms with Crippen LogP contribution in [0.5, 0.6) is 0 Å². The quantitative estimate of drug-likeness (QED) is 0.603. The second kappa shape index (κ2) is 6.56. The molecule has 0 spiro atoms. The molecule has 0 unspecified atom stereocenters. The van der Waals surface area contributed by atoms with Crippen molar-refractivity contribution in [2.75, 3.05) is 0 Å². The number of carbonyl (C=O) groups is 1. The van der Waals surface area contributed by atoms with Crippen LogP contribution in [0.2, 0.25) is 0 Å². The highest BCUT2D eigenvalue weighted by atomic mass is 16.5. The molecule has 1 N–H and O–H groups in total. The van der Waals surface area contributed by atoms with E-state index in [0.717, 1.165) is 11.1 Å². The zero-order chi connectivity index (χ0) is 17.1. The Morgan fingerprint density at radius 2 is 1.76 bits per heavy atom. The van der Waals surface area contributed by atoms with E-state index in [9.17, 15) is 4.79 Å². The molecule has 4 rings (SSSR count). The number of para-hydroxylation sites is 1. The predicted molar refractivity (Wildman–Crippen MR) is 88.7 cm³/mol. The molecule has 7 heteroatoms. The van der Waals surface area contributed by atoms with Gasteiger partial charge in [-0.3, -0.25) is 4.79 Å². The Labute approximate surface area is 142 Å². The van der Waals surface area contributed by atoms with Crippen LogP contribution in [0.3, 0.4) is 0 Å². The van der Waals surface area contributed by atoms with Gasteiger partial charge in [-0.15, -0.1) is 0 Å². The van der Waals surface area contributed by atoms with E-state index in [2.05, 4.69) is 20.6 Å². The van der Waals surface area contributed by atoms with Gasteiger partial charge in [-0.2, -0.15) is 4.98 Å². The fourth-order valence-corrected chi connectivity index (χ4v) is 2.49. The molecule has 1 amide bonds. The van der Waals surface area contributed by atoms with Crippen LogP contribution in [0.1, 0.15) is 27.8 Å². The minimum atomic E-state index is -0.186. The minimum Gasteiger partial charge on any atom is -0.356 e. The van der Waals surface area contributed by atoms with Crippen molar-refractivity contribution in [2.45, 2.75) is 13.0 Å². The summed E-state index contributed by atoms with van der Waals surface area (Å²) >= 11 is 0. The first-order chi connectivity index (χ1) is 12.3. The molecule has 2 heterocycles. The third-order valence-corrected chi connectivity index (χ3v) is 3.72. The Kier molecular flexibility index (Phi) is 3.96. The zero-order valence-corrected chi connectivity index (χ0v) is 13.2. The first-order valence-corrected chi connectivity index (χ1v) is 7.77. The highest BCUT2D eigenvalue weighted by Crippen LogP contribution is 2.19. The number of hydrogen-bond acceptors (Lipinski definition) is 6. The SMILES string of the molecule is O=C(NCc1noc(Cc2noc3ccccc23)n1)c1ccccc1. The summed E-state index contributed by atoms with van der Waals surface area (Å²) in [6.07, 6.45) is 0.372. The number of hydrogen-bond donors (Lipinski definition) is 1. The Hall–Kier alpha value is -3.48. The Bertz CT molecular complexity index is 1010. The molecular weight excluding hydrogens is 320 g/mol. The Morgan fingerprint density at radius 3 is 2.64 bits per heavy atom. The van der Waals surface area contributed by atoms with Gasteiger partial charge in [0.15, 0.2) is 11.4 Å². The average Bonchev–Trinajstić information content (AvgIpc) is 3.28. The van der Waals surface area contributed by atoms with Gasteiger partial charge < -0.3 is 14.4 Å². The van der Waals surface area contributed by atoms with Gasteiger partial charge in [0.25, 0.3) is 5.91 Å². The summed E-state index contributed by atoms with van der Waals surface area (Å²) in [4.78, 5) is 16.3. The van der Waals surface area contributed by atoms with E-state index in [0.29, 0.717) is 29.3 Å². The molecule has 0 saturated carbocycles. The fraction of sp³-hybridized carbons (Fsp3) is 0.111. The first kappa shape index (κ1) is 15.1. The Morgan fingerprint density at radius 1 is 0.960 bits per heavy atom. The number of rotatable bonds is 5. The van der Waals surface area contributed by atoms with Crippen LogP contribution < -0.4 is 5.32 Å². The Balaban J connectivity index is 1.41. The molecule has 0 bridgehead atoms. The minimum absolute atomic E-state index is 0.186. The third-order valence-electron chi connectivity index (χ3n) is 3.72. The van der Waals surface area contributed by atoms with Crippen LogP contribution in [-0.2, 0) is 13.0 Å². The number of carbonyl (C=O) groups excluding carboxylic acids is 1. The van der Waals surface area contributed by atoms with Crippen molar-refractivity contribution < 1.29 is 13.8 Å². The highest BCUT2D eigenvalue weighted by molar-refractivity contribution is 5.94. The van der Waals surface area contributed by atoms with Gasteiger partial charge in [0, 0.05) is 10.9 Å². The molecular formula is C18H14N4O3. The van der Waals surface area contributed by atoms with Crippen LogP contribution >= 0.6 is 0 Å². The van der Waals surface area contributed by atoms with E-state index < -0.39 is 0 Å². The van der Waals surface area contributed by atoms with Gasteiger partial charge in [0.2, 0.25) is 5.89 Å². The van der Waals surface area contributed by atoms with Gasteiger partial charge >= 0.3 is 0 Å². The lowest BCUT2D eigenvalue weighted by Gasteiger charge is -2.01. The van der Waals surface area contributed by atoms with Gasteiger partial charge in [0.1, 0.15) is 5.69 Å². The zero-order valence-electron chi connectivity index (χ0n) is 13.2. The van der Waals surface area contributed by atoms with E-state index in [-0.39, 0.29) is 12.5 Å². The molecule has 0 aliphatic carbocycles. The molecule has 0 aliphatic rings. The molecule has 4 aromatic rings. The second-order valence-electron chi connectivity index (χ2n) is 5.46. The average molecular weight is 334 g/mol. The predicted octanol–water partition coefficient (Wildman–Crippen LogP) is 2.73. The van der Waals surface area contributed by atoms with Gasteiger partial charge in [0.05, 0.1) is 13.0 Å². The number of benzene rings is 2. The number of nitrogens with one attached hydrogen (secondary N) is 1. The maximum Gasteiger partial charge on any atom is 0.251 e. The van der Waals surface area contributed by atoms with Gasteiger partial charge in [-0.05, 0) is 24.3 Å². The topological polar surface area (TPSA) is 94.1 Å². The summed E-state index contributed by atoms with van der Waals surface area (Å²) in [6, 6.07) is 16.5. The van der Waals surface area contributed by atoms with E-state index in [1.54, 1.807) is 12.1 Å². The van der Waals surface area contributed by atoms with Crippen LogP contribution in [0.15, 0.2) is 63.6 Å². The summed E-state index contributed by atoms with van der Waals surface area (Å²) in [5, 5.41) is 11.6. The number of fused-ring (bicyclic) bond motifs is 1. The molecule has 2 aromatic heterocycles. The number of aromatic nitrogens is 3. The smallest absolute Gasteiger partial charge is 0.251 e. The molecule has 0 atom stereocenters. The molecule has 0 saturated heterocycles. The van der Waals surface area contributed by atoms with E-state index in [1.165, 1.54) is 0 Å². The monoisotopic (exact) mass is 334 g/mol. The van der Waals surface area contributed by atoms with E-state index >= 15 is 0 Å². The van der Waals surface area contributed by atoms with Crippen LogP contribution in [0.4, 0.5) is 0 Å². The lowest BCUT2D eigenvalue weighted by molar-refractivity contribution is 0.0949. The molecule has 124 valence electrons. The molecule has 0 fully saturated rings. The van der Waals surface area contributed by atoms with Crippen LogP contribution in [0.25, 0.3) is 11.0 Å². The largest absolute Gasteiger partial charge is 0.356 e. The van der Waals surface area contributed by atoms with Crippen molar-refractivity contribution in [3.05, 3.63) is 77.6 Å². The normalized spacial score (nSPS) is 10.9. The number of amides is 1. The maximum atomic E-state index is 12.0. The molecule has 25 heavy (non-hydrogen) atoms. The summed E-state index contributed by atoms with van der Waals surface area (Å²) in [6.45, 7) is 0.191. The highest BCUT2D eigenvalue weighted by Gasteiger charge is 2.14. The van der Waals surface area contributed by atoms with E-state index in [4.69, 9.17) is 9.05 Å². The first-order valence-electron chi connectivity index (χ1n) is 7.77. The van der Waals surface area contributed by atoms with Crippen molar-refractivity contribution in [3.8, 4) is 0 Å². The summed E-state index contributed by atoms with van der Waals surface area (Å²) in [5.74, 6) is 0.643. The van der Waals surface area contributed by atoms with Crippen molar-refractivity contribution in [1.82, 2.24) is 20.6 Å². The maximum absolute atomic E-state index is 12.0. The number of nitrogens with zero attached hydrogens (tertiary/aromatic N) is 3.